The molecule has 1 aromatic rings. The van der Waals surface area contributed by atoms with E-state index in [1.807, 2.05) is 4.90 Å². The Morgan fingerprint density at radius 1 is 1.26 bits per heavy atom. The number of rotatable bonds is 3. The van der Waals surface area contributed by atoms with Gasteiger partial charge in [0.15, 0.2) is 6.10 Å². The molecule has 4 rings (SSSR count). The van der Waals surface area contributed by atoms with Crippen LogP contribution in [0.4, 0.5) is 16.2 Å². The lowest BCUT2D eigenvalue weighted by atomic mass is 10.1. The molecule has 0 saturated carbocycles. The van der Waals surface area contributed by atoms with Gasteiger partial charge in [-0.15, -0.1) is 0 Å². The van der Waals surface area contributed by atoms with Crippen molar-refractivity contribution in [3.63, 3.8) is 0 Å². The van der Waals surface area contributed by atoms with E-state index in [9.17, 15) is 19.2 Å². The van der Waals surface area contributed by atoms with Crippen molar-refractivity contribution < 1.29 is 23.9 Å². The van der Waals surface area contributed by atoms with Gasteiger partial charge in [-0.25, -0.2) is 9.59 Å². The SMILES string of the molecule is C[C@@H](OC(=O)c1ccc2c(c1)NC(=O)[C@H]1CCCN21)C(=O)N1CCNC1=O. The Morgan fingerprint density at radius 3 is 2.81 bits per heavy atom. The van der Waals surface area contributed by atoms with Crippen molar-refractivity contribution in [3.8, 4) is 0 Å². The Labute approximate surface area is 155 Å². The maximum Gasteiger partial charge on any atom is 0.338 e. The summed E-state index contributed by atoms with van der Waals surface area (Å²) in [6, 6.07) is 4.32. The molecule has 0 aromatic heterocycles. The van der Waals surface area contributed by atoms with Crippen LogP contribution in [0.1, 0.15) is 30.1 Å². The van der Waals surface area contributed by atoms with Crippen LogP contribution in [0.15, 0.2) is 18.2 Å². The molecule has 0 bridgehead atoms. The Hall–Kier alpha value is -3.10. The van der Waals surface area contributed by atoms with E-state index in [4.69, 9.17) is 4.74 Å². The van der Waals surface area contributed by atoms with E-state index >= 15 is 0 Å². The molecule has 0 unspecified atom stereocenters. The van der Waals surface area contributed by atoms with Crippen molar-refractivity contribution in [2.45, 2.75) is 31.9 Å². The standard InChI is InChI=1S/C18H20N4O5/c1-10(16(24)22-8-6-19-18(22)26)27-17(25)11-4-5-13-12(9-11)20-15(23)14-3-2-7-21(13)14/h4-5,9-10,14H,2-3,6-8H2,1H3,(H,19,26)(H,20,23)/t10-,14-/m1/s1. The number of urea groups is 1. The second-order valence-corrected chi connectivity index (χ2v) is 6.84. The second kappa shape index (κ2) is 6.57. The highest BCUT2D eigenvalue weighted by Gasteiger charge is 2.37. The molecule has 3 aliphatic heterocycles. The fourth-order valence-electron chi connectivity index (χ4n) is 3.74. The number of ether oxygens (including phenoxy) is 1. The van der Waals surface area contributed by atoms with Crippen LogP contribution in [0.2, 0.25) is 0 Å². The Kier molecular flexibility index (Phi) is 4.21. The van der Waals surface area contributed by atoms with Crippen molar-refractivity contribution in [2.75, 3.05) is 29.9 Å². The minimum absolute atomic E-state index is 0.0749. The lowest BCUT2D eigenvalue weighted by molar-refractivity contribution is -0.136. The van der Waals surface area contributed by atoms with Gasteiger partial charge in [0, 0.05) is 19.6 Å². The third kappa shape index (κ3) is 2.98. The molecule has 2 saturated heterocycles. The average molecular weight is 372 g/mol. The number of nitrogens with zero attached hydrogens (tertiary/aromatic N) is 2. The molecule has 2 fully saturated rings. The molecule has 0 aliphatic carbocycles. The molecular weight excluding hydrogens is 352 g/mol. The van der Waals surface area contributed by atoms with Crippen molar-refractivity contribution in [3.05, 3.63) is 23.8 Å². The monoisotopic (exact) mass is 372 g/mol. The normalized spacial score (nSPS) is 21.9. The minimum Gasteiger partial charge on any atom is -0.449 e. The van der Waals surface area contributed by atoms with E-state index in [1.54, 1.807) is 18.2 Å². The number of hydrogen-bond donors (Lipinski definition) is 2. The van der Waals surface area contributed by atoms with Gasteiger partial charge < -0.3 is 20.3 Å². The van der Waals surface area contributed by atoms with Crippen molar-refractivity contribution >= 4 is 35.2 Å². The first-order valence-electron chi connectivity index (χ1n) is 8.97. The summed E-state index contributed by atoms with van der Waals surface area (Å²) in [5, 5.41) is 5.36. The van der Waals surface area contributed by atoms with Gasteiger partial charge >= 0.3 is 12.0 Å². The summed E-state index contributed by atoms with van der Waals surface area (Å²) in [6.07, 6.45) is 0.680. The van der Waals surface area contributed by atoms with E-state index in [1.165, 1.54) is 6.92 Å². The summed E-state index contributed by atoms with van der Waals surface area (Å²) in [6.45, 7) is 2.87. The van der Waals surface area contributed by atoms with Crippen LogP contribution in [0.25, 0.3) is 0 Å². The average Bonchev–Trinajstić information content (AvgIpc) is 3.30. The van der Waals surface area contributed by atoms with Gasteiger partial charge in [0.25, 0.3) is 5.91 Å². The summed E-state index contributed by atoms with van der Waals surface area (Å²) in [5.41, 5.74) is 1.68. The zero-order valence-corrected chi connectivity index (χ0v) is 14.9. The molecule has 142 valence electrons. The predicted octanol–water partition coefficient (Wildman–Crippen LogP) is 0.705. The third-order valence-electron chi connectivity index (χ3n) is 5.11. The summed E-state index contributed by atoms with van der Waals surface area (Å²) < 4.78 is 5.23. The quantitative estimate of drug-likeness (QED) is 0.757. The van der Waals surface area contributed by atoms with E-state index in [0.29, 0.717) is 12.2 Å². The molecular formula is C18H20N4O5. The number of carbonyl (C=O) groups is 4. The number of benzene rings is 1. The molecule has 2 atom stereocenters. The molecule has 3 aliphatic rings. The van der Waals surface area contributed by atoms with E-state index in [0.717, 1.165) is 30.0 Å². The second-order valence-electron chi connectivity index (χ2n) is 6.84. The highest BCUT2D eigenvalue weighted by atomic mass is 16.5. The summed E-state index contributed by atoms with van der Waals surface area (Å²) in [7, 11) is 0. The Bertz CT molecular complexity index is 839. The summed E-state index contributed by atoms with van der Waals surface area (Å²) in [4.78, 5) is 51.5. The number of nitrogens with one attached hydrogen (secondary N) is 2. The van der Waals surface area contributed by atoms with Crippen LogP contribution >= 0.6 is 0 Å². The maximum absolute atomic E-state index is 12.4. The van der Waals surface area contributed by atoms with E-state index in [2.05, 4.69) is 10.6 Å². The first-order valence-corrected chi connectivity index (χ1v) is 8.97. The molecule has 3 heterocycles. The van der Waals surface area contributed by atoms with Gasteiger partial charge in [-0.1, -0.05) is 0 Å². The van der Waals surface area contributed by atoms with Gasteiger partial charge in [0.1, 0.15) is 6.04 Å². The number of hydrogen-bond acceptors (Lipinski definition) is 6. The first kappa shape index (κ1) is 17.3. The number of anilines is 2. The number of fused-ring (bicyclic) bond motifs is 3. The van der Waals surface area contributed by atoms with Crippen LogP contribution < -0.4 is 15.5 Å². The van der Waals surface area contributed by atoms with Gasteiger partial charge in [-0.3, -0.25) is 14.5 Å². The zero-order valence-electron chi connectivity index (χ0n) is 14.9. The van der Waals surface area contributed by atoms with Gasteiger partial charge in [-0.05, 0) is 38.0 Å². The topological polar surface area (TPSA) is 108 Å². The van der Waals surface area contributed by atoms with Crippen LogP contribution in [0, 0.1) is 0 Å². The maximum atomic E-state index is 12.4. The molecule has 1 aromatic carbocycles. The van der Waals surface area contributed by atoms with Crippen LogP contribution in [-0.2, 0) is 14.3 Å². The smallest absolute Gasteiger partial charge is 0.338 e. The minimum atomic E-state index is -1.09. The van der Waals surface area contributed by atoms with Crippen LogP contribution in [-0.4, -0.2) is 60.5 Å². The largest absolute Gasteiger partial charge is 0.449 e. The highest BCUT2D eigenvalue weighted by Crippen LogP contribution is 2.37. The van der Waals surface area contributed by atoms with Gasteiger partial charge in [0.05, 0.1) is 16.9 Å². The predicted molar refractivity (Wildman–Crippen MR) is 95.4 cm³/mol. The van der Waals surface area contributed by atoms with Crippen molar-refractivity contribution in [1.82, 2.24) is 10.2 Å². The number of amides is 4. The first-order chi connectivity index (χ1) is 13.0. The van der Waals surface area contributed by atoms with E-state index in [-0.39, 0.29) is 24.1 Å². The highest BCUT2D eigenvalue weighted by molar-refractivity contribution is 6.06. The molecule has 9 heteroatoms. The molecule has 0 spiro atoms. The lowest BCUT2D eigenvalue weighted by Crippen LogP contribution is -2.44. The van der Waals surface area contributed by atoms with Crippen LogP contribution in [0.5, 0.6) is 0 Å². The van der Waals surface area contributed by atoms with Gasteiger partial charge in [-0.2, -0.15) is 0 Å². The Morgan fingerprint density at radius 2 is 2.07 bits per heavy atom. The number of carbonyl (C=O) groups excluding carboxylic acids is 4. The molecule has 9 nitrogen and oxygen atoms in total. The van der Waals surface area contributed by atoms with Crippen molar-refractivity contribution in [2.24, 2.45) is 0 Å². The molecule has 0 radical (unpaired) electrons. The van der Waals surface area contributed by atoms with Crippen molar-refractivity contribution in [1.29, 1.82) is 0 Å². The van der Waals surface area contributed by atoms with Gasteiger partial charge in [0.2, 0.25) is 5.91 Å². The molecule has 27 heavy (non-hydrogen) atoms. The lowest BCUT2D eigenvalue weighted by Gasteiger charge is -2.33. The Balaban J connectivity index is 1.48. The summed E-state index contributed by atoms with van der Waals surface area (Å²) >= 11 is 0. The number of esters is 1. The van der Waals surface area contributed by atoms with Crippen LogP contribution in [0.3, 0.4) is 0 Å². The molecule has 2 N–H and O–H groups in total. The zero-order chi connectivity index (χ0) is 19.1. The summed E-state index contributed by atoms with van der Waals surface area (Å²) in [5.74, 6) is -1.32. The fourth-order valence-corrected chi connectivity index (χ4v) is 3.74. The number of imide groups is 1. The third-order valence-corrected chi connectivity index (χ3v) is 5.11. The van der Waals surface area contributed by atoms with E-state index < -0.39 is 24.0 Å². The molecule has 4 amide bonds. The fraction of sp³-hybridized carbons (Fsp3) is 0.444.